The summed E-state index contributed by atoms with van der Waals surface area (Å²) in [6.07, 6.45) is 0. The smallest absolute Gasteiger partial charge is 0.433 e. The largest absolute Gasteiger partial charge is 0.497 e. The lowest BCUT2D eigenvalue weighted by Crippen LogP contribution is -2.48. The molecule has 4 aromatic rings. The SMILES string of the molecule is COc1cccc(N2CCN(C(=O)c3oc4ccccc4c3NC(=O)c3ccc([N+](=O)[O-])o3)CC2)c1. The number of hydrogen-bond acceptors (Lipinski definition) is 8. The molecule has 1 saturated heterocycles. The Morgan fingerprint density at radius 1 is 1.00 bits per heavy atom. The maximum absolute atomic E-state index is 13.5. The van der Waals surface area contributed by atoms with E-state index < -0.39 is 16.7 Å². The molecule has 2 amide bonds. The Morgan fingerprint density at radius 3 is 2.50 bits per heavy atom. The topological polar surface area (TPSA) is 131 Å². The molecule has 0 saturated carbocycles. The van der Waals surface area contributed by atoms with Crippen molar-refractivity contribution in [2.24, 2.45) is 0 Å². The number of furan rings is 2. The fraction of sp³-hybridized carbons (Fsp3) is 0.200. The van der Waals surface area contributed by atoms with Crippen LogP contribution in [0.15, 0.2) is 69.5 Å². The van der Waals surface area contributed by atoms with Gasteiger partial charge in [0.25, 0.3) is 11.8 Å². The summed E-state index contributed by atoms with van der Waals surface area (Å²) in [5.41, 5.74) is 1.62. The molecular weight excluding hydrogens is 468 g/mol. The number of hydrogen-bond donors (Lipinski definition) is 1. The number of fused-ring (bicyclic) bond motifs is 1. The molecule has 11 heteroatoms. The first-order valence-corrected chi connectivity index (χ1v) is 11.2. The first-order valence-electron chi connectivity index (χ1n) is 11.2. The Hall–Kier alpha value is -4.80. The molecule has 0 atom stereocenters. The lowest BCUT2D eigenvalue weighted by Gasteiger charge is -2.36. The second-order valence-corrected chi connectivity index (χ2v) is 8.13. The molecule has 0 radical (unpaired) electrons. The highest BCUT2D eigenvalue weighted by Gasteiger charge is 2.30. The maximum atomic E-state index is 13.5. The number of anilines is 2. The number of carbonyl (C=O) groups is 2. The van der Waals surface area contributed by atoms with Crippen molar-refractivity contribution >= 4 is 40.0 Å². The number of methoxy groups -OCH3 is 1. The van der Waals surface area contributed by atoms with Crippen molar-refractivity contribution in [1.29, 1.82) is 0 Å². The zero-order valence-corrected chi connectivity index (χ0v) is 19.3. The number of nitrogens with zero attached hydrogens (tertiary/aromatic N) is 3. The first-order chi connectivity index (χ1) is 17.4. The number of carbonyl (C=O) groups excluding carboxylic acids is 2. The summed E-state index contributed by atoms with van der Waals surface area (Å²) >= 11 is 0. The fourth-order valence-corrected chi connectivity index (χ4v) is 4.16. The van der Waals surface area contributed by atoms with Gasteiger partial charge in [0.15, 0.2) is 5.76 Å². The average molecular weight is 490 g/mol. The number of amides is 2. The molecule has 184 valence electrons. The number of piperazine rings is 1. The highest BCUT2D eigenvalue weighted by molar-refractivity contribution is 6.13. The predicted octanol–water partition coefficient (Wildman–Crippen LogP) is 4.16. The van der Waals surface area contributed by atoms with E-state index in [1.54, 1.807) is 36.3 Å². The van der Waals surface area contributed by atoms with E-state index in [0.717, 1.165) is 17.5 Å². The van der Waals surface area contributed by atoms with Crippen molar-refractivity contribution in [1.82, 2.24) is 4.90 Å². The van der Waals surface area contributed by atoms with Gasteiger partial charge >= 0.3 is 5.88 Å². The minimum Gasteiger partial charge on any atom is -0.497 e. The number of para-hydroxylation sites is 1. The molecule has 0 spiro atoms. The van der Waals surface area contributed by atoms with Crippen LogP contribution in [0.25, 0.3) is 11.0 Å². The minimum atomic E-state index is -0.732. The second-order valence-electron chi connectivity index (χ2n) is 8.13. The summed E-state index contributed by atoms with van der Waals surface area (Å²) in [6.45, 7) is 2.11. The van der Waals surface area contributed by atoms with Crippen molar-refractivity contribution < 1.29 is 28.1 Å². The summed E-state index contributed by atoms with van der Waals surface area (Å²) in [5, 5.41) is 14.1. The van der Waals surface area contributed by atoms with E-state index in [1.165, 1.54) is 6.07 Å². The summed E-state index contributed by atoms with van der Waals surface area (Å²) < 4.78 is 16.2. The average Bonchev–Trinajstić information content (AvgIpc) is 3.55. The van der Waals surface area contributed by atoms with E-state index in [2.05, 4.69) is 10.2 Å². The molecule has 1 N–H and O–H groups in total. The molecule has 36 heavy (non-hydrogen) atoms. The number of nitro groups is 1. The van der Waals surface area contributed by atoms with Crippen LogP contribution in [0.2, 0.25) is 0 Å². The molecule has 3 heterocycles. The molecule has 1 fully saturated rings. The van der Waals surface area contributed by atoms with Gasteiger partial charge in [-0.3, -0.25) is 19.7 Å². The predicted molar refractivity (Wildman–Crippen MR) is 131 cm³/mol. The van der Waals surface area contributed by atoms with E-state index in [-0.39, 0.29) is 23.1 Å². The Morgan fingerprint density at radius 2 is 1.78 bits per heavy atom. The van der Waals surface area contributed by atoms with Crippen LogP contribution in [0.4, 0.5) is 17.3 Å². The van der Waals surface area contributed by atoms with Gasteiger partial charge in [0, 0.05) is 43.3 Å². The van der Waals surface area contributed by atoms with Crippen molar-refractivity contribution in [3.63, 3.8) is 0 Å². The third kappa shape index (κ3) is 4.33. The van der Waals surface area contributed by atoms with E-state index in [0.29, 0.717) is 37.1 Å². The van der Waals surface area contributed by atoms with Crippen molar-refractivity contribution in [2.75, 3.05) is 43.5 Å². The van der Waals surface area contributed by atoms with Crippen molar-refractivity contribution in [3.05, 3.63) is 82.3 Å². The normalized spacial score (nSPS) is 13.6. The molecule has 2 aromatic carbocycles. The molecule has 11 nitrogen and oxygen atoms in total. The van der Waals surface area contributed by atoms with E-state index in [4.69, 9.17) is 13.6 Å². The van der Waals surface area contributed by atoms with Crippen molar-refractivity contribution in [3.8, 4) is 5.75 Å². The van der Waals surface area contributed by atoms with E-state index in [1.807, 2.05) is 24.3 Å². The van der Waals surface area contributed by atoms with Gasteiger partial charge in [0.1, 0.15) is 21.9 Å². The molecule has 1 aliphatic heterocycles. The van der Waals surface area contributed by atoms with Gasteiger partial charge in [-0.1, -0.05) is 18.2 Å². The molecule has 2 aromatic heterocycles. The molecule has 1 aliphatic rings. The summed E-state index contributed by atoms with van der Waals surface area (Å²) in [7, 11) is 1.62. The minimum absolute atomic E-state index is 0.0135. The molecule has 5 rings (SSSR count). The van der Waals surface area contributed by atoms with Gasteiger partial charge in [0.2, 0.25) is 5.76 Å². The highest BCUT2D eigenvalue weighted by Crippen LogP contribution is 2.33. The third-order valence-electron chi connectivity index (χ3n) is 6.01. The number of ether oxygens (including phenoxy) is 1. The Bertz CT molecular complexity index is 1450. The van der Waals surface area contributed by atoms with Crippen LogP contribution in [0, 0.1) is 10.1 Å². The quantitative estimate of drug-likeness (QED) is 0.315. The van der Waals surface area contributed by atoms with Crippen LogP contribution in [0.1, 0.15) is 21.1 Å². The van der Waals surface area contributed by atoms with Crippen LogP contribution < -0.4 is 15.0 Å². The third-order valence-corrected chi connectivity index (χ3v) is 6.01. The van der Waals surface area contributed by atoms with Gasteiger partial charge < -0.3 is 28.7 Å². The summed E-state index contributed by atoms with van der Waals surface area (Å²) in [4.78, 5) is 40.3. The second kappa shape index (κ2) is 9.45. The van der Waals surface area contributed by atoms with Gasteiger partial charge in [-0.05, 0) is 30.3 Å². The van der Waals surface area contributed by atoms with Gasteiger partial charge in [-0.15, -0.1) is 0 Å². The first kappa shape index (κ1) is 23.0. The van der Waals surface area contributed by atoms with Crippen LogP contribution in [0.3, 0.4) is 0 Å². The fourth-order valence-electron chi connectivity index (χ4n) is 4.16. The monoisotopic (exact) mass is 490 g/mol. The van der Waals surface area contributed by atoms with Gasteiger partial charge in [0.05, 0.1) is 13.2 Å². The zero-order valence-electron chi connectivity index (χ0n) is 19.3. The standard InChI is InChI=1S/C25H22N4O7/c1-34-17-6-4-5-16(15-17)27-11-13-28(14-12-27)25(31)23-22(18-7-2-3-8-19(18)36-23)26-24(30)20-9-10-21(35-20)29(32)33/h2-10,15H,11-14H2,1H3,(H,26,30). The van der Waals surface area contributed by atoms with E-state index >= 15 is 0 Å². The van der Waals surface area contributed by atoms with Crippen LogP contribution >= 0.6 is 0 Å². The Kier molecular flexibility index (Phi) is 6.03. The van der Waals surface area contributed by atoms with E-state index in [9.17, 15) is 19.7 Å². The molecule has 0 aliphatic carbocycles. The van der Waals surface area contributed by atoms with Gasteiger partial charge in [-0.2, -0.15) is 0 Å². The summed E-state index contributed by atoms with van der Waals surface area (Å²) in [5.74, 6) is -1.15. The number of benzene rings is 2. The summed E-state index contributed by atoms with van der Waals surface area (Å²) in [6, 6.07) is 17.0. The number of nitrogens with one attached hydrogen (secondary N) is 1. The lowest BCUT2D eigenvalue weighted by atomic mass is 10.2. The van der Waals surface area contributed by atoms with Gasteiger partial charge in [-0.25, -0.2) is 0 Å². The maximum Gasteiger partial charge on any atom is 0.433 e. The Balaban J connectivity index is 1.37. The van der Waals surface area contributed by atoms with Crippen LogP contribution in [-0.4, -0.2) is 54.9 Å². The van der Waals surface area contributed by atoms with Crippen LogP contribution in [0.5, 0.6) is 5.75 Å². The molecule has 0 unspecified atom stereocenters. The molecule has 0 bridgehead atoms. The van der Waals surface area contributed by atoms with Crippen LogP contribution in [-0.2, 0) is 0 Å². The highest BCUT2D eigenvalue weighted by atomic mass is 16.6. The zero-order chi connectivity index (χ0) is 25.2. The van der Waals surface area contributed by atoms with Crippen molar-refractivity contribution in [2.45, 2.75) is 0 Å². The molecular formula is C25H22N4O7. The number of rotatable bonds is 6. The lowest BCUT2D eigenvalue weighted by molar-refractivity contribution is -0.402. The Labute approximate surface area is 205 Å².